The van der Waals surface area contributed by atoms with Crippen molar-refractivity contribution in [2.75, 3.05) is 46.3 Å². The molecule has 3 aliphatic heterocycles. The smallest absolute Gasteiger partial charge is 0.324 e. The molecule has 8 heteroatoms. The van der Waals surface area contributed by atoms with Gasteiger partial charge >= 0.3 is 12.1 Å². The molecule has 0 unspecified atom stereocenters. The lowest BCUT2D eigenvalue weighted by atomic mass is 9.87. The van der Waals surface area contributed by atoms with E-state index in [0.717, 1.165) is 43.3 Å². The SMILES string of the molecule is CC(C)CCN1CCC(CNC(=O)N2CCC3(CC2)NC(=O)N(C)C3=O)CC1. The van der Waals surface area contributed by atoms with Crippen LogP contribution < -0.4 is 10.6 Å². The fourth-order valence-electron chi connectivity index (χ4n) is 4.38. The number of likely N-dealkylation sites (tertiary alicyclic amines) is 2. The van der Waals surface area contributed by atoms with Crippen molar-refractivity contribution in [1.82, 2.24) is 25.3 Å². The molecular formula is C20H35N5O3. The molecule has 0 aromatic carbocycles. The van der Waals surface area contributed by atoms with E-state index in [1.54, 1.807) is 4.90 Å². The van der Waals surface area contributed by atoms with Gasteiger partial charge in [0.25, 0.3) is 5.91 Å². The van der Waals surface area contributed by atoms with Gasteiger partial charge in [0, 0.05) is 26.7 Å². The van der Waals surface area contributed by atoms with Gasteiger partial charge < -0.3 is 20.4 Å². The zero-order valence-electron chi connectivity index (χ0n) is 17.5. The van der Waals surface area contributed by atoms with E-state index in [2.05, 4.69) is 29.4 Å². The van der Waals surface area contributed by atoms with Gasteiger partial charge in [0.2, 0.25) is 0 Å². The average Bonchev–Trinajstić information content (AvgIpc) is 2.89. The van der Waals surface area contributed by atoms with E-state index in [-0.39, 0.29) is 18.0 Å². The number of carbonyl (C=O) groups is 3. The van der Waals surface area contributed by atoms with E-state index >= 15 is 0 Å². The summed E-state index contributed by atoms with van der Waals surface area (Å²) in [5.74, 6) is 1.11. The summed E-state index contributed by atoms with van der Waals surface area (Å²) in [5, 5.41) is 5.89. The molecule has 0 radical (unpaired) electrons. The average molecular weight is 394 g/mol. The maximum absolute atomic E-state index is 12.5. The van der Waals surface area contributed by atoms with Gasteiger partial charge in [0.05, 0.1) is 0 Å². The molecule has 0 aliphatic carbocycles. The molecule has 5 amide bonds. The van der Waals surface area contributed by atoms with Crippen LogP contribution in [0.25, 0.3) is 0 Å². The van der Waals surface area contributed by atoms with E-state index in [1.807, 2.05) is 0 Å². The van der Waals surface area contributed by atoms with E-state index in [4.69, 9.17) is 0 Å². The van der Waals surface area contributed by atoms with Crippen LogP contribution in [0.3, 0.4) is 0 Å². The number of hydrogen-bond donors (Lipinski definition) is 2. The summed E-state index contributed by atoms with van der Waals surface area (Å²) in [6.45, 7) is 9.63. The van der Waals surface area contributed by atoms with Crippen LogP contribution in [0.1, 0.15) is 46.0 Å². The summed E-state index contributed by atoms with van der Waals surface area (Å²) >= 11 is 0. The lowest BCUT2D eigenvalue weighted by molar-refractivity contribution is -0.131. The van der Waals surface area contributed by atoms with Gasteiger partial charge in [-0.2, -0.15) is 0 Å². The zero-order chi connectivity index (χ0) is 20.3. The Morgan fingerprint density at radius 1 is 1.18 bits per heavy atom. The van der Waals surface area contributed by atoms with Crippen LogP contribution in [-0.2, 0) is 4.79 Å². The molecule has 3 fully saturated rings. The van der Waals surface area contributed by atoms with Crippen molar-refractivity contribution in [3.8, 4) is 0 Å². The first kappa shape index (κ1) is 20.9. The third-order valence-corrected chi connectivity index (χ3v) is 6.54. The molecule has 3 rings (SSSR count). The number of imide groups is 1. The first-order valence-electron chi connectivity index (χ1n) is 10.7. The normalized spacial score (nSPS) is 23.6. The lowest BCUT2D eigenvalue weighted by Crippen LogP contribution is -2.57. The van der Waals surface area contributed by atoms with E-state index in [0.29, 0.717) is 31.8 Å². The summed E-state index contributed by atoms with van der Waals surface area (Å²) in [5.41, 5.74) is -0.814. The Kier molecular flexibility index (Phi) is 6.47. The Balaban J connectivity index is 1.37. The van der Waals surface area contributed by atoms with Crippen LogP contribution in [0.2, 0.25) is 0 Å². The van der Waals surface area contributed by atoms with Crippen molar-refractivity contribution in [3.63, 3.8) is 0 Å². The predicted octanol–water partition coefficient (Wildman–Crippen LogP) is 1.47. The molecule has 0 saturated carbocycles. The number of hydrogen-bond acceptors (Lipinski definition) is 4. The van der Waals surface area contributed by atoms with Crippen LogP contribution in [0.15, 0.2) is 0 Å². The molecule has 28 heavy (non-hydrogen) atoms. The minimum absolute atomic E-state index is 0.0535. The van der Waals surface area contributed by atoms with Crippen molar-refractivity contribution in [2.24, 2.45) is 11.8 Å². The minimum atomic E-state index is -0.814. The van der Waals surface area contributed by atoms with Gasteiger partial charge in [-0.15, -0.1) is 0 Å². The Labute approximate surface area is 168 Å². The van der Waals surface area contributed by atoms with E-state index in [1.165, 1.54) is 20.0 Å². The van der Waals surface area contributed by atoms with Crippen LogP contribution in [0.5, 0.6) is 0 Å². The summed E-state index contributed by atoms with van der Waals surface area (Å²) in [4.78, 5) is 42.0. The minimum Gasteiger partial charge on any atom is -0.338 e. The monoisotopic (exact) mass is 393 g/mol. The standard InChI is InChI=1S/C20H35N5O3/c1-15(2)4-9-24-10-5-16(6-11-24)14-21-18(27)25-12-7-20(8-13-25)17(26)23(3)19(28)22-20/h15-16H,4-14H2,1-3H3,(H,21,27)(H,22,28). The number of rotatable bonds is 5. The van der Waals surface area contributed by atoms with Crippen molar-refractivity contribution in [3.05, 3.63) is 0 Å². The fraction of sp³-hybridized carbons (Fsp3) is 0.850. The molecule has 158 valence electrons. The van der Waals surface area contributed by atoms with Gasteiger partial charge in [0.15, 0.2) is 0 Å². The maximum atomic E-state index is 12.5. The highest BCUT2D eigenvalue weighted by Gasteiger charge is 2.51. The Hall–Kier alpha value is -1.83. The molecule has 3 heterocycles. The Morgan fingerprint density at radius 2 is 1.82 bits per heavy atom. The lowest BCUT2D eigenvalue weighted by Gasteiger charge is -2.37. The largest absolute Gasteiger partial charge is 0.338 e. The summed E-state index contributed by atoms with van der Waals surface area (Å²) in [7, 11) is 1.50. The molecule has 0 aromatic rings. The van der Waals surface area contributed by atoms with E-state index in [9.17, 15) is 14.4 Å². The number of likely N-dealkylation sites (N-methyl/N-ethyl adjacent to an activating group) is 1. The predicted molar refractivity (Wildman–Crippen MR) is 107 cm³/mol. The van der Waals surface area contributed by atoms with Crippen molar-refractivity contribution >= 4 is 18.0 Å². The zero-order valence-corrected chi connectivity index (χ0v) is 17.5. The topological polar surface area (TPSA) is 85.0 Å². The van der Waals surface area contributed by atoms with E-state index < -0.39 is 5.54 Å². The number of nitrogens with zero attached hydrogens (tertiary/aromatic N) is 3. The highest BCUT2D eigenvalue weighted by molar-refractivity contribution is 6.06. The van der Waals surface area contributed by atoms with Gasteiger partial charge in [-0.25, -0.2) is 9.59 Å². The van der Waals surface area contributed by atoms with Crippen LogP contribution in [0.4, 0.5) is 9.59 Å². The quantitative estimate of drug-likeness (QED) is 0.693. The molecule has 2 N–H and O–H groups in total. The van der Waals surface area contributed by atoms with Crippen molar-refractivity contribution in [2.45, 2.75) is 51.5 Å². The Bertz CT molecular complexity index is 593. The van der Waals surface area contributed by atoms with Gasteiger partial charge in [-0.3, -0.25) is 9.69 Å². The number of urea groups is 2. The molecule has 3 aliphatic rings. The van der Waals surface area contributed by atoms with Crippen LogP contribution in [0, 0.1) is 11.8 Å². The molecule has 0 aromatic heterocycles. The summed E-state index contributed by atoms with van der Waals surface area (Å²) in [6.07, 6.45) is 4.46. The van der Waals surface area contributed by atoms with Crippen LogP contribution in [-0.4, -0.2) is 84.5 Å². The van der Waals surface area contributed by atoms with Gasteiger partial charge in [-0.1, -0.05) is 13.8 Å². The van der Waals surface area contributed by atoms with Crippen molar-refractivity contribution < 1.29 is 14.4 Å². The maximum Gasteiger partial charge on any atom is 0.324 e. The highest BCUT2D eigenvalue weighted by atomic mass is 16.2. The first-order chi connectivity index (χ1) is 13.3. The van der Waals surface area contributed by atoms with Crippen molar-refractivity contribution in [1.29, 1.82) is 0 Å². The third-order valence-electron chi connectivity index (χ3n) is 6.54. The van der Waals surface area contributed by atoms with Gasteiger partial charge in [0.1, 0.15) is 5.54 Å². The molecule has 0 atom stereocenters. The first-order valence-corrected chi connectivity index (χ1v) is 10.7. The number of carbonyl (C=O) groups excluding carboxylic acids is 3. The molecular weight excluding hydrogens is 358 g/mol. The van der Waals surface area contributed by atoms with Gasteiger partial charge in [-0.05, 0) is 63.6 Å². The molecule has 3 saturated heterocycles. The second-order valence-corrected chi connectivity index (χ2v) is 9.02. The highest BCUT2D eigenvalue weighted by Crippen LogP contribution is 2.28. The molecule has 1 spiro atoms. The second kappa shape index (κ2) is 8.68. The summed E-state index contributed by atoms with van der Waals surface area (Å²) in [6, 6.07) is -0.398. The Morgan fingerprint density at radius 3 is 2.36 bits per heavy atom. The summed E-state index contributed by atoms with van der Waals surface area (Å²) < 4.78 is 0. The molecule has 0 bridgehead atoms. The van der Waals surface area contributed by atoms with Crippen LogP contribution >= 0.6 is 0 Å². The number of piperidine rings is 2. The molecule has 8 nitrogen and oxygen atoms in total. The third kappa shape index (κ3) is 4.59. The number of nitrogens with one attached hydrogen (secondary N) is 2. The number of amides is 5. The fourth-order valence-corrected chi connectivity index (χ4v) is 4.38. The second-order valence-electron chi connectivity index (χ2n) is 9.02.